The van der Waals surface area contributed by atoms with Gasteiger partial charge in [-0.25, -0.2) is 4.39 Å². The number of aliphatic carboxylic acids is 1. The van der Waals surface area contributed by atoms with Crippen LogP contribution in [0.3, 0.4) is 0 Å². The summed E-state index contributed by atoms with van der Waals surface area (Å²) in [5.74, 6) is -0.111. The van der Waals surface area contributed by atoms with Gasteiger partial charge in [-0.05, 0) is 80.5 Å². The van der Waals surface area contributed by atoms with Crippen molar-refractivity contribution >= 4 is 40.1 Å². The van der Waals surface area contributed by atoms with Crippen molar-refractivity contribution in [3.63, 3.8) is 0 Å². The van der Waals surface area contributed by atoms with E-state index in [1.807, 2.05) is 43.4 Å². The van der Waals surface area contributed by atoms with Gasteiger partial charge in [0.05, 0.1) is 48.0 Å². The number of carboxylic acid groups (broad SMARTS) is 1. The van der Waals surface area contributed by atoms with Crippen LogP contribution in [0.15, 0.2) is 66.9 Å². The second kappa shape index (κ2) is 18.1. The van der Waals surface area contributed by atoms with Crippen molar-refractivity contribution in [3.8, 4) is 33.8 Å². The van der Waals surface area contributed by atoms with E-state index < -0.39 is 11.8 Å². The Morgan fingerprint density at radius 1 is 1.03 bits per heavy atom. The maximum Gasteiger partial charge on any atom is 0.303 e. The van der Waals surface area contributed by atoms with Crippen molar-refractivity contribution < 1.29 is 33.5 Å². The molecule has 2 heterocycles. The summed E-state index contributed by atoms with van der Waals surface area (Å²) < 4.78 is 28.8. The van der Waals surface area contributed by atoms with E-state index in [1.54, 1.807) is 36.2 Å². The van der Waals surface area contributed by atoms with Gasteiger partial charge in [0.15, 0.2) is 0 Å². The predicted octanol–water partition coefficient (Wildman–Crippen LogP) is 7.97. The summed E-state index contributed by atoms with van der Waals surface area (Å²) in [6, 6.07) is 18.0. The summed E-state index contributed by atoms with van der Waals surface area (Å²) in [6.45, 7) is 1.28. The van der Waals surface area contributed by atoms with Crippen LogP contribution >= 0.6 is 11.6 Å². The minimum absolute atomic E-state index is 0.0109. The Hall–Kier alpha value is -5.57. The number of amides is 1. The number of hydrogen-bond acceptors (Lipinski definition) is 9. The molecule has 5 aromatic rings. The molecule has 59 heavy (non-hydrogen) atoms. The molecular weight excluding hydrogens is 779 g/mol. The standard InChI is InChI=1S/C44H48ClFN6O7/c1-50(31-13-10-26(11-14-31)16-43(54)55)24-29-18-39(52(56)57)28(20-40(29)58-2)25-51-38-9-5-7-33(35(38)23-48-51)34-8-4-6-32(44(34)45)27-17-37(46)36(41(19-27)59-3)22-47-21-30-12-15-42(53)49-30/h4-9,17-20,23,26,30-31,47H,10-16,21-22,24-25H2,1-3H3,(H,49,53)(H,54,55)/t26-,30-,31-/m0/s1. The number of nitro benzene ring substituents is 1. The van der Waals surface area contributed by atoms with Crippen LogP contribution in [-0.2, 0) is 29.2 Å². The number of nitrogens with zero attached hydrogens (tertiary/aromatic N) is 4. The molecule has 0 radical (unpaired) electrons. The molecule has 4 aromatic carbocycles. The summed E-state index contributed by atoms with van der Waals surface area (Å²) in [7, 11) is 5.03. The number of rotatable bonds is 16. The zero-order chi connectivity index (χ0) is 41.8. The molecule has 3 N–H and O–H groups in total. The van der Waals surface area contributed by atoms with Gasteiger partial charge in [-0.2, -0.15) is 5.10 Å². The minimum atomic E-state index is -0.769. The highest BCUT2D eigenvalue weighted by Crippen LogP contribution is 2.41. The monoisotopic (exact) mass is 826 g/mol. The third-order valence-electron chi connectivity index (χ3n) is 11.8. The van der Waals surface area contributed by atoms with Gasteiger partial charge < -0.3 is 25.2 Å². The van der Waals surface area contributed by atoms with Crippen molar-refractivity contribution in [1.29, 1.82) is 0 Å². The first-order chi connectivity index (χ1) is 28.4. The van der Waals surface area contributed by atoms with E-state index in [-0.39, 0.29) is 54.0 Å². The molecule has 1 aliphatic heterocycles. The minimum Gasteiger partial charge on any atom is -0.496 e. The molecule has 1 amide bonds. The summed E-state index contributed by atoms with van der Waals surface area (Å²) in [4.78, 5) is 37.0. The molecule has 7 rings (SSSR count). The van der Waals surface area contributed by atoms with Crippen LogP contribution in [0, 0.1) is 21.8 Å². The lowest BCUT2D eigenvalue weighted by Gasteiger charge is -2.34. The Labute approximate surface area is 346 Å². The summed E-state index contributed by atoms with van der Waals surface area (Å²) >= 11 is 7.13. The second-order valence-electron chi connectivity index (χ2n) is 15.5. The zero-order valence-corrected chi connectivity index (χ0v) is 34.1. The van der Waals surface area contributed by atoms with E-state index in [0.717, 1.165) is 48.6 Å². The molecule has 1 saturated heterocycles. The molecule has 2 fully saturated rings. The third kappa shape index (κ3) is 9.19. The van der Waals surface area contributed by atoms with Gasteiger partial charge in [-0.1, -0.05) is 41.9 Å². The lowest BCUT2D eigenvalue weighted by molar-refractivity contribution is -0.385. The summed E-state index contributed by atoms with van der Waals surface area (Å²) in [5, 5.41) is 33.7. The lowest BCUT2D eigenvalue weighted by Crippen LogP contribution is -2.35. The number of benzene rings is 4. The molecule has 1 aliphatic carbocycles. The van der Waals surface area contributed by atoms with E-state index in [0.29, 0.717) is 69.4 Å². The van der Waals surface area contributed by atoms with Gasteiger partial charge >= 0.3 is 5.97 Å². The van der Waals surface area contributed by atoms with Crippen LogP contribution in [0.4, 0.5) is 10.1 Å². The number of nitrogens with one attached hydrogen (secondary N) is 2. The van der Waals surface area contributed by atoms with Gasteiger partial charge in [0.2, 0.25) is 5.91 Å². The quantitative estimate of drug-likeness (QED) is 0.0658. The highest BCUT2D eigenvalue weighted by atomic mass is 35.5. The Balaban J connectivity index is 1.12. The molecule has 0 spiro atoms. The molecule has 310 valence electrons. The topological polar surface area (TPSA) is 161 Å². The van der Waals surface area contributed by atoms with E-state index in [2.05, 4.69) is 20.6 Å². The highest BCUT2D eigenvalue weighted by Gasteiger charge is 2.28. The van der Waals surface area contributed by atoms with Crippen LogP contribution in [0.25, 0.3) is 33.2 Å². The number of fused-ring (bicyclic) bond motifs is 1. The highest BCUT2D eigenvalue weighted by molar-refractivity contribution is 6.36. The van der Waals surface area contributed by atoms with Crippen molar-refractivity contribution in [2.75, 3.05) is 27.8 Å². The second-order valence-corrected chi connectivity index (χ2v) is 15.9. The fraction of sp³-hybridized carbons (Fsp3) is 0.386. The number of methoxy groups -OCH3 is 2. The van der Waals surface area contributed by atoms with Crippen LogP contribution in [0.1, 0.15) is 61.6 Å². The lowest BCUT2D eigenvalue weighted by atomic mass is 9.83. The fourth-order valence-corrected chi connectivity index (χ4v) is 8.95. The number of carboxylic acids is 1. The maximum atomic E-state index is 15.7. The zero-order valence-electron chi connectivity index (χ0n) is 33.3. The summed E-state index contributed by atoms with van der Waals surface area (Å²) in [5.41, 5.74) is 4.84. The molecule has 1 atom stereocenters. The Kier molecular flexibility index (Phi) is 12.8. The van der Waals surface area contributed by atoms with Crippen LogP contribution in [0.2, 0.25) is 5.02 Å². The molecule has 0 unspecified atom stereocenters. The average molecular weight is 827 g/mol. The van der Waals surface area contributed by atoms with Crippen molar-refractivity contribution in [2.24, 2.45) is 5.92 Å². The van der Waals surface area contributed by atoms with Gasteiger partial charge in [-0.15, -0.1) is 0 Å². The van der Waals surface area contributed by atoms with E-state index in [9.17, 15) is 24.8 Å². The third-order valence-corrected chi connectivity index (χ3v) is 12.2. The molecule has 2 aliphatic rings. The molecule has 15 heteroatoms. The molecular formula is C44H48ClFN6O7. The van der Waals surface area contributed by atoms with Crippen molar-refractivity contribution in [2.45, 2.75) is 76.7 Å². The molecule has 1 aromatic heterocycles. The van der Waals surface area contributed by atoms with Crippen LogP contribution < -0.4 is 20.1 Å². The Morgan fingerprint density at radius 2 is 1.76 bits per heavy atom. The molecule has 0 bridgehead atoms. The van der Waals surface area contributed by atoms with E-state index in [4.69, 9.17) is 21.1 Å². The van der Waals surface area contributed by atoms with Gasteiger partial charge in [0.1, 0.15) is 17.3 Å². The fourth-order valence-electron chi connectivity index (χ4n) is 8.61. The van der Waals surface area contributed by atoms with E-state index in [1.165, 1.54) is 13.2 Å². The SMILES string of the molecule is COc1cc(Cn2ncc3c(-c4cccc(-c5cc(F)c(CNC[C@@H]6CCC(=O)N6)c(OC)c5)c4Cl)cccc32)c([N+](=O)[O-])cc1CN(C)[C@H]1CC[C@H](CC(=O)O)CC1. The van der Waals surface area contributed by atoms with Crippen LogP contribution in [-0.4, -0.2) is 76.5 Å². The number of nitro groups is 1. The maximum absolute atomic E-state index is 15.7. The molecule has 1 saturated carbocycles. The van der Waals surface area contributed by atoms with Gasteiger partial charge in [0, 0.05) is 78.3 Å². The first-order valence-corrected chi connectivity index (χ1v) is 20.2. The number of halogens is 2. The number of aromatic nitrogens is 2. The molecule has 13 nitrogen and oxygen atoms in total. The van der Waals surface area contributed by atoms with Gasteiger partial charge in [0.25, 0.3) is 5.69 Å². The Morgan fingerprint density at radius 3 is 2.46 bits per heavy atom. The van der Waals surface area contributed by atoms with E-state index >= 15 is 4.39 Å². The van der Waals surface area contributed by atoms with Gasteiger partial charge in [-0.3, -0.25) is 29.3 Å². The largest absolute Gasteiger partial charge is 0.496 e. The predicted molar refractivity (Wildman–Crippen MR) is 223 cm³/mol. The number of ether oxygens (including phenoxy) is 2. The first-order valence-electron chi connectivity index (χ1n) is 19.8. The normalized spacial score (nSPS) is 18.0. The smallest absolute Gasteiger partial charge is 0.303 e. The summed E-state index contributed by atoms with van der Waals surface area (Å²) in [6.07, 6.45) is 6.53. The van der Waals surface area contributed by atoms with Crippen molar-refractivity contribution in [1.82, 2.24) is 25.3 Å². The van der Waals surface area contributed by atoms with Crippen LogP contribution in [0.5, 0.6) is 11.5 Å². The average Bonchev–Trinajstić information content (AvgIpc) is 3.83. The Bertz CT molecular complexity index is 2380. The van der Waals surface area contributed by atoms with Crippen molar-refractivity contribution in [3.05, 3.63) is 105 Å². The number of hydrogen-bond donors (Lipinski definition) is 3. The number of carbonyl (C=O) groups is 2. The first kappa shape index (κ1) is 41.6. The number of carbonyl (C=O) groups excluding carboxylic acids is 1.